The molecule has 2 N–H and O–H groups in total. The zero-order valence-corrected chi connectivity index (χ0v) is 13.4. The quantitative estimate of drug-likeness (QED) is 0.670. The first-order valence-electron chi connectivity index (χ1n) is 6.44. The molecule has 1 fully saturated rings. The molecule has 21 heavy (non-hydrogen) atoms. The molecule has 8 heteroatoms. The Morgan fingerprint density at radius 1 is 1.48 bits per heavy atom. The normalized spacial score (nSPS) is 19.7. The zero-order chi connectivity index (χ0) is 15.8. The molecule has 6 nitrogen and oxygen atoms in total. The topological polar surface area (TPSA) is 89.7 Å². The lowest BCUT2D eigenvalue weighted by atomic mass is 10.2. The van der Waals surface area contributed by atoms with Gasteiger partial charge in [0.25, 0.3) is 0 Å². The molecule has 1 aromatic rings. The van der Waals surface area contributed by atoms with Crippen LogP contribution in [-0.4, -0.2) is 38.4 Å². The van der Waals surface area contributed by atoms with Crippen molar-refractivity contribution in [2.75, 3.05) is 19.4 Å². The number of hydrogen-bond donors (Lipinski definition) is 1. The van der Waals surface area contributed by atoms with Crippen LogP contribution >= 0.6 is 11.6 Å². The summed E-state index contributed by atoms with van der Waals surface area (Å²) in [4.78, 5) is 11.8. The summed E-state index contributed by atoms with van der Waals surface area (Å²) >= 11 is 5.95. The highest BCUT2D eigenvalue weighted by Crippen LogP contribution is 2.31. The maximum atomic E-state index is 12.7. The Kier molecular flexibility index (Phi) is 4.46. The fraction of sp³-hybridized carbons (Fsp3) is 0.462. The molecule has 0 saturated carbocycles. The molecule has 1 atom stereocenters. The number of anilines is 1. The van der Waals surface area contributed by atoms with Gasteiger partial charge in [0.2, 0.25) is 10.0 Å². The summed E-state index contributed by atoms with van der Waals surface area (Å²) in [5.74, 6) is -0.547. The van der Waals surface area contributed by atoms with Crippen LogP contribution in [0, 0.1) is 6.92 Å². The fourth-order valence-electron chi connectivity index (χ4n) is 2.45. The summed E-state index contributed by atoms with van der Waals surface area (Å²) in [5.41, 5.74) is 6.50. The van der Waals surface area contributed by atoms with E-state index in [2.05, 4.69) is 4.74 Å². The average molecular weight is 333 g/mol. The second kappa shape index (κ2) is 5.82. The van der Waals surface area contributed by atoms with E-state index >= 15 is 0 Å². The Morgan fingerprint density at radius 2 is 2.14 bits per heavy atom. The molecule has 0 aliphatic carbocycles. The van der Waals surface area contributed by atoms with Crippen molar-refractivity contribution < 1.29 is 17.9 Å². The first-order valence-corrected chi connectivity index (χ1v) is 8.26. The number of nitrogen functional groups attached to an aromatic ring is 1. The first-order chi connectivity index (χ1) is 9.78. The third-order valence-electron chi connectivity index (χ3n) is 3.54. The number of rotatable bonds is 3. The van der Waals surface area contributed by atoms with E-state index in [1.807, 2.05) is 0 Å². The Balaban J connectivity index is 2.45. The van der Waals surface area contributed by atoms with Gasteiger partial charge in [0.05, 0.1) is 22.7 Å². The number of carbonyl (C=O) groups is 1. The van der Waals surface area contributed by atoms with E-state index in [4.69, 9.17) is 17.3 Å². The summed E-state index contributed by atoms with van der Waals surface area (Å²) in [7, 11) is -2.56. The molecule has 1 aliphatic rings. The monoisotopic (exact) mass is 332 g/mol. The fourth-order valence-corrected chi connectivity index (χ4v) is 4.32. The maximum Gasteiger partial charge on any atom is 0.324 e. The van der Waals surface area contributed by atoms with Crippen molar-refractivity contribution in [2.24, 2.45) is 0 Å². The minimum Gasteiger partial charge on any atom is -0.468 e. The van der Waals surface area contributed by atoms with E-state index < -0.39 is 22.0 Å². The van der Waals surface area contributed by atoms with Crippen molar-refractivity contribution >= 4 is 33.3 Å². The van der Waals surface area contributed by atoms with Crippen LogP contribution in [-0.2, 0) is 19.6 Å². The van der Waals surface area contributed by atoms with Crippen molar-refractivity contribution in [1.82, 2.24) is 4.31 Å². The molecule has 0 amide bonds. The van der Waals surface area contributed by atoms with Crippen LogP contribution in [0.25, 0.3) is 0 Å². The van der Waals surface area contributed by atoms with Gasteiger partial charge in [-0.25, -0.2) is 8.42 Å². The minimum absolute atomic E-state index is 0.0395. The lowest BCUT2D eigenvalue weighted by molar-refractivity contribution is -0.144. The van der Waals surface area contributed by atoms with Gasteiger partial charge in [-0.1, -0.05) is 11.6 Å². The Hall–Kier alpha value is -1.31. The minimum atomic E-state index is -3.81. The van der Waals surface area contributed by atoms with Crippen LogP contribution in [0.3, 0.4) is 0 Å². The number of carbonyl (C=O) groups excluding carboxylic acids is 1. The number of nitrogens with two attached hydrogens (primary N) is 1. The molecule has 2 rings (SSSR count). The lowest BCUT2D eigenvalue weighted by Crippen LogP contribution is -2.41. The Labute approximate surface area is 128 Å². The summed E-state index contributed by atoms with van der Waals surface area (Å²) in [6.45, 7) is 1.96. The number of methoxy groups -OCH3 is 1. The number of sulfonamides is 1. The van der Waals surface area contributed by atoms with Gasteiger partial charge >= 0.3 is 5.97 Å². The van der Waals surface area contributed by atoms with Crippen LogP contribution in [0.2, 0.25) is 5.02 Å². The van der Waals surface area contributed by atoms with E-state index in [1.165, 1.54) is 23.5 Å². The lowest BCUT2D eigenvalue weighted by Gasteiger charge is -2.22. The molecule has 0 spiro atoms. The summed E-state index contributed by atoms with van der Waals surface area (Å²) in [5, 5.41) is 0.333. The van der Waals surface area contributed by atoms with E-state index in [0.717, 1.165) is 0 Å². The molecule has 1 aromatic carbocycles. The molecule has 1 unspecified atom stereocenters. The second-order valence-electron chi connectivity index (χ2n) is 4.94. The Bertz CT molecular complexity index is 652. The first kappa shape index (κ1) is 16.1. The van der Waals surface area contributed by atoms with Gasteiger partial charge in [-0.05, 0) is 37.5 Å². The molecule has 1 heterocycles. The molecular weight excluding hydrogens is 316 g/mol. The largest absolute Gasteiger partial charge is 0.468 e. The van der Waals surface area contributed by atoms with Gasteiger partial charge in [0, 0.05) is 6.54 Å². The molecular formula is C13H17ClN2O4S. The van der Waals surface area contributed by atoms with Crippen LogP contribution < -0.4 is 5.73 Å². The average Bonchev–Trinajstić information content (AvgIpc) is 2.93. The van der Waals surface area contributed by atoms with E-state index in [-0.39, 0.29) is 17.1 Å². The number of halogens is 1. The number of nitrogens with zero attached hydrogens (tertiary/aromatic N) is 1. The van der Waals surface area contributed by atoms with Crippen molar-refractivity contribution in [3.63, 3.8) is 0 Å². The van der Waals surface area contributed by atoms with Crippen LogP contribution in [0.1, 0.15) is 18.4 Å². The van der Waals surface area contributed by atoms with Crippen LogP contribution in [0.5, 0.6) is 0 Å². The van der Waals surface area contributed by atoms with Crippen molar-refractivity contribution in [3.05, 3.63) is 22.7 Å². The molecule has 116 valence electrons. The highest BCUT2D eigenvalue weighted by Gasteiger charge is 2.40. The van der Waals surface area contributed by atoms with Crippen molar-refractivity contribution in [3.8, 4) is 0 Å². The van der Waals surface area contributed by atoms with Gasteiger partial charge in [0.15, 0.2) is 0 Å². The summed E-state index contributed by atoms with van der Waals surface area (Å²) < 4.78 is 31.2. The molecule has 1 saturated heterocycles. The number of aryl methyl sites for hydroxylation is 1. The molecule has 0 radical (unpaired) electrons. The van der Waals surface area contributed by atoms with Gasteiger partial charge in [-0.2, -0.15) is 4.31 Å². The molecule has 0 bridgehead atoms. The summed E-state index contributed by atoms with van der Waals surface area (Å²) in [6, 6.07) is 2.00. The number of ether oxygens (including phenoxy) is 1. The highest BCUT2D eigenvalue weighted by molar-refractivity contribution is 7.89. The van der Waals surface area contributed by atoms with Gasteiger partial charge in [0.1, 0.15) is 6.04 Å². The number of esters is 1. The number of benzene rings is 1. The zero-order valence-electron chi connectivity index (χ0n) is 11.8. The number of hydrogen-bond acceptors (Lipinski definition) is 5. The Morgan fingerprint density at radius 3 is 2.71 bits per heavy atom. The van der Waals surface area contributed by atoms with Gasteiger partial charge in [-0.3, -0.25) is 4.79 Å². The van der Waals surface area contributed by atoms with E-state index in [1.54, 1.807) is 6.92 Å². The SMILES string of the molecule is COC(=O)C1CCCN1S(=O)(=O)c1cc(C)c(Cl)c(N)c1. The van der Waals surface area contributed by atoms with Gasteiger partial charge in [-0.15, -0.1) is 0 Å². The van der Waals surface area contributed by atoms with Crippen LogP contribution in [0.15, 0.2) is 17.0 Å². The van der Waals surface area contributed by atoms with Crippen molar-refractivity contribution in [2.45, 2.75) is 30.7 Å². The molecule has 0 aromatic heterocycles. The van der Waals surface area contributed by atoms with Crippen LogP contribution in [0.4, 0.5) is 5.69 Å². The smallest absolute Gasteiger partial charge is 0.324 e. The van der Waals surface area contributed by atoms with Gasteiger partial charge < -0.3 is 10.5 Å². The third kappa shape index (κ3) is 2.86. The predicted molar refractivity (Wildman–Crippen MR) is 79.5 cm³/mol. The van der Waals surface area contributed by atoms with Crippen molar-refractivity contribution in [1.29, 1.82) is 0 Å². The molecule has 1 aliphatic heterocycles. The summed E-state index contributed by atoms with van der Waals surface area (Å²) in [6.07, 6.45) is 1.06. The predicted octanol–water partition coefficient (Wildman–Crippen LogP) is 1.56. The second-order valence-corrected chi connectivity index (χ2v) is 7.21. The van der Waals surface area contributed by atoms with E-state index in [9.17, 15) is 13.2 Å². The van der Waals surface area contributed by atoms with E-state index in [0.29, 0.717) is 23.4 Å². The maximum absolute atomic E-state index is 12.7. The standard InChI is InChI=1S/C13H17ClN2O4S/c1-8-6-9(7-10(15)12(8)14)21(18,19)16-5-3-4-11(16)13(17)20-2/h6-7,11H,3-5,15H2,1-2H3. The third-order valence-corrected chi connectivity index (χ3v) is 5.94. The highest BCUT2D eigenvalue weighted by atomic mass is 35.5.